The van der Waals surface area contributed by atoms with Crippen LogP contribution in [0.1, 0.15) is 38.7 Å². The maximum atomic E-state index is 13.0. The molecule has 0 aliphatic carbocycles. The van der Waals surface area contributed by atoms with Crippen LogP contribution in [-0.2, 0) is 30.4 Å². The molecule has 14 nitrogen and oxygen atoms in total. The van der Waals surface area contributed by atoms with Crippen LogP contribution in [0.3, 0.4) is 0 Å². The molecule has 3 atom stereocenters. The molecule has 0 aromatic heterocycles. The van der Waals surface area contributed by atoms with Gasteiger partial charge in [-0.3, -0.25) is 24.2 Å². The average Bonchev–Trinajstić information content (AvgIpc) is 2.88. The first-order valence-electron chi connectivity index (χ1n) is 12.6. The fourth-order valence-electron chi connectivity index (χ4n) is 3.59. The average molecular weight is 549 g/mol. The highest BCUT2D eigenvalue weighted by atomic mass is 16.4. The lowest BCUT2D eigenvalue weighted by Crippen LogP contribution is -2.55. The van der Waals surface area contributed by atoms with Gasteiger partial charge in [0.05, 0.1) is 13.1 Å². The van der Waals surface area contributed by atoms with Crippen molar-refractivity contribution in [3.8, 4) is 0 Å². The van der Waals surface area contributed by atoms with E-state index in [1.807, 2.05) is 13.8 Å². The molecule has 0 heterocycles. The molecule has 1 aromatic rings. The van der Waals surface area contributed by atoms with Crippen molar-refractivity contribution in [1.29, 1.82) is 0 Å². The van der Waals surface area contributed by atoms with Crippen LogP contribution in [0.4, 0.5) is 0 Å². The van der Waals surface area contributed by atoms with Crippen LogP contribution in [0, 0.1) is 5.92 Å². The second kappa shape index (κ2) is 17.3. The van der Waals surface area contributed by atoms with E-state index in [1.54, 1.807) is 30.3 Å². The van der Waals surface area contributed by atoms with Crippen molar-refractivity contribution in [1.82, 2.24) is 21.3 Å². The lowest BCUT2D eigenvalue weighted by atomic mass is 10.0. The van der Waals surface area contributed by atoms with Gasteiger partial charge in [-0.25, -0.2) is 4.79 Å². The largest absolute Gasteiger partial charge is 0.480 e. The van der Waals surface area contributed by atoms with Gasteiger partial charge in [0.25, 0.3) is 0 Å². The van der Waals surface area contributed by atoms with E-state index in [-0.39, 0.29) is 44.2 Å². The zero-order chi connectivity index (χ0) is 29.4. The van der Waals surface area contributed by atoms with Crippen molar-refractivity contribution in [2.45, 2.75) is 57.7 Å². The van der Waals surface area contributed by atoms with Crippen molar-refractivity contribution in [2.24, 2.45) is 28.1 Å². The highest BCUT2D eigenvalue weighted by Crippen LogP contribution is 2.08. The fourth-order valence-corrected chi connectivity index (χ4v) is 3.59. The van der Waals surface area contributed by atoms with Crippen molar-refractivity contribution in [2.75, 3.05) is 19.6 Å². The second-order valence-electron chi connectivity index (χ2n) is 9.33. The van der Waals surface area contributed by atoms with Crippen molar-refractivity contribution in [3.63, 3.8) is 0 Å². The van der Waals surface area contributed by atoms with Crippen LogP contribution in [0.25, 0.3) is 0 Å². The van der Waals surface area contributed by atoms with Crippen LogP contribution in [0.15, 0.2) is 35.3 Å². The van der Waals surface area contributed by atoms with Gasteiger partial charge in [-0.15, -0.1) is 0 Å². The first kappa shape index (κ1) is 32.8. The highest BCUT2D eigenvalue weighted by molar-refractivity contribution is 5.93. The van der Waals surface area contributed by atoms with Crippen molar-refractivity contribution < 1.29 is 29.1 Å². The van der Waals surface area contributed by atoms with Crippen LogP contribution < -0.4 is 38.5 Å². The van der Waals surface area contributed by atoms with Crippen LogP contribution >= 0.6 is 0 Å². The number of nitrogens with zero attached hydrogens (tertiary/aromatic N) is 1. The normalized spacial score (nSPS) is 12.9. The summed E-state index contributed by atoms with van der Waals surface area (Å²) in [6.45, 7) is 3.07. The molecule has 1 rings (SSSR count). The standard InChI is InChI=1S/C25H40N8O6/c1-15(2)11-19(24(38)39)33-23(37)18(12-16-7-4-3-5-8-16)32-21(35)14-30-22(36)17(31-20(34)13-26)9-6-10-29-25(27)28/h3-5,7-8,15,17-19H,6,9-14,26H2,1-2H3,(H,30,36)(H,31,34)(H,32,35)(H,33,37)(H,38,39)(H4,27,28,29)/t17-,18-,19-/m0/s1. The van der Waals surface area contributed by atoms with E-state index in [0.29, 0.717) is 6.42 Å². The van der Waals surface area contributed by atoms with Crippen molar-refractivity contribution in [3.05, 3.63) is 35.9 Å². The third kappa shape index (κ3) is 13.8. The van der Waals surface area contributed by atoms with E-state index in [0.717, 1.165) is 5.56 Å². The predicted molar refractivity (Wildman–Crippen MR) is 145 cm³/mol. The summed E-state index contributed by atoms with van der Waals surface area (Å²) in [5.41, 5.74) is 16.6. The number of amides is 4. The Bertz CT molecular complexity index is 998. The van der Waals surface area contributed by atoms with E-state index in [1.165, 1.54) is 0 Å². The molecule has 11 N–H and O–H groups in total. The summed E-state index contributed by atoms with van der Waals surface area (Å²) in [6.07, 6.45) is 0.859. The van der Waals surface area contributed by atoms with Crippen LogP contribution in [-0.4, -0.2) is 78.4 Å². The highest BCUT2D eigenvalue weighted by Gasteiger charge is 2.28. The minimum Gasteiger partial charge on any atom is -0.480 e. The third-order valence-electron chi connectivity index (χ3n) is 5.46. The number of carbonyl (C=O) groups is 5. The molecule has 14 heteroatoms. The van der Waals surface area contributed by atoms with Gasteiger partial charge in [-0.2, -0.15) is 0 Å². The van der Waals surface area contributed by atoms with Gasteiger partial charge in [-0.05, 0) is 30.7 Å². The Balaban J connectivity index is 2.88. The summed E-state index contributed by atoms with van der Waals surface area (Å²) in [7, 11) is 0. The number of carbonyl (C=O) groups excluding carboxylic acids is 4. The molecule has 0 fully saturated rings. The number of nitrogens with one attached hydrogen (secondary N) is 4. The van der Waals surface area contributed by atoms with Crippen LogP contribution in [0.5, 0.6) is 0 Å². The number of hydrogen-bond acceptors (Lipinski definition) is 7. The molecule has 1 aromatic carbocycles. The van der Waals surface area contributed by atoms with Crippen molar-refractivity contribution >= 4 is 35.6 Å². The predicted octanol–water partition coefficient (Wildman–Crippen LogP) is -2.06. The maximum absolute atomic E-state index is 13.0. The molecule has 0 spiro atoms. The minimum absolute atomic E-state index is 0.0101. The minimum atomic E-state index is -1.18. The Morgan fingerprint density at radius 2 is 1.54 bits per heavy atom. The first-order chi connectivity index (χ1) is 18.4. The first-order valence-corrected chi connectivity index (χ1v) is 12.6. The summed E-state index contributed by atoms with van der Waals surface area (Å²) in [4.78, 5) is 65.6. The van der Waals surface area contributed by atoms with Gasteiger partial charge in [0.2, 0.25) is 23.6 Å². The molecular weight excluding hydrogens is 508 g/mol. The molecule has 0 saturated carbocycles. The zero-order valence-corrected chi connectivity index (χ0v) is 22.3. The number of aliphatic imine (C=N–C) groups is 1. The van der Waals surface area contributed by atoms with Gasteiger partial charge >= 0.3 is 5.97 Å². The summed E-state index contributed by atoms with van der Waals surface area (Å²) < 4.78 is 0. The second-order valence-corrected chi connectivity index (χ2v) is 9.33. The van der Waals surface area contributed by atoms with Gasteiger partial charge in [0.15, 0.2) is 5.96 Å². The van der Waals surface area contributed by atoms with E-state index >= 15 is 0 Å². The molecule has 0 saturated heterocycles. The topological polar surface area (TPSA) is 244 Å². The molecule has 0 aliphatic heterocycles. The van der Waals surface area contributed by atoms with Gasteiger partial charge in [-0.1, -0.05) is 44.2 Å². The number of rotatable bonds is 17. The lowest BCUT2D eigenvalue weighted by molar-refractivity contribution is -0.142. The van der Waals surface area contributed by atoms with Gasteiger partial charge in [0, 0.05) is 13.0 Å². The number of guanidine groups is 1. The summed E-state index contributed by atoms with van der Waals surface area (Å²) in [5.74, 6) is -3.82. The van der Waals surface area contributed by atoms with E-state index in [4.69, 9.17) is 17.2 Å². The fraction of sp³-hybridized carbons (Fsp3) is 0.520. The quantitative estimate of drug-likeness (QED) is 0.0605. The Hall–Kier alpha value is -4.20. The SMILES string of the molecule is CC(C)C[C@H](NC(=O)[C@H](Cc1ccccc1)NC(=O)CNC(=O)[C@H](CCCN=C(N)N)NC(=O)CN)C(=O)O. The Labute approximate surface area is 227 Å². The number of carboxylic acid groups (broad SMARTS) is 1. The molecule has 4 amide bonds. The van der Waals surface area contributed by atoms with E-state index in [2.05, 4.69) is 26.3 Å². The molecule has 0 unspecified atom stereocenters. The van der Waals surface area contributed by atoms with Crippen LogP contribution in [0.2, 0.25) is 0 Å². The molecule has 0 radical (unpaired) electrons. The lowest BCUT2D eigenvalue weighted by Gasteiger charge is -2.23. The number of benzene rings is 1. The Morgan fingerprint density at radius 1 is 0.897 bits per heavy atom. The van der Waals surface area contributed by atoms with Gasteiger partial charge < -0.3 is 43.6 Å². The number of carboxylic acids is 1. The van der Waals surface area contributed by atoms with Gasteiger partial charge in [0.1, 0.15) is 18.1 Å². The molecular formula is C25H40N8O6. The molecule has 0 aliphatic rings. The zero-order valence-electron chi connectivity index (χ0n) is 22.3. The Morgan fingerprint density at radius 3 is 2.10 bits per heavy atom. The Kier molecular flexibility index (Phi) is 14.6. The summed E-state index contributed by atoms with van der Waals surface area (Å²) in [5, 5.41) is 19.5. The van der Waals surface area contributed by atoms with E-state index < -0.39 is 54.3 Å². The molecule has 0 bridgehead atoms. The summed E-state index contributed by atoms with van der Waals surface area (Å²) >= 11 is 0. The number of nitrogens with two attached hydrogens (primary N) is 3. The molecule has 216 valence electrons. The smallest absolute Gasteiger partial charge is 0.326 e. The monoisotopic (exact) mass is 548 g/mol. The summed E-state index contributed by atoms with van der Waals surface area (Å²) in [6, 6.07) is 5.67. The molecule has 39 heavy (non-hydrogen) atoms. The number of hydrogen-bond donors (Lipinski definition) is 8. The van der Waals surface area contributed by atoms with E-state index in [9.17, 15) is 29.1 Å². The number of aliphatic carboxylic acids is 1. The maximum Gasteiger partial charge on any atom is 0.326 e. The third-order valence-corrected chi connectivity index (χ3v) is 5.46.